The topological polar surface area (TPSA) is 72.9 Å². The second kappa shape index (κ2) is 10.7. The largest absolute Gasteiger partial charge is 0.493 e. The third kappa shape index (κ3) is 5.31. The number of rotatable bonds is 9. The minimum Gasteiger partial charge on any atom is -0.493 e. The van der Waals surface area contributed by atoms with E-state index in [4.69, 9.17) is 9.47 Å². The normalized spacial score (nSPS) is 14.7. The van der Waals surface area contributed by atoms with Crippen LogP contribution in [0, 0.1) is 0 Å². The number of hydrogen-bond donors (Lipinski definition) is 0. The number of allylic oxidation sites excluding steroid dienone is 1. The fourth-order valence-corrected chi connectivity index (χ4v) is 4.33. The zero-order chi connectivity index (χ0) is 23.3. The Bertz CT molecular complexity index is 1090. The van der Waals surface area contributed by atoms with Crippen LogP contribution in [0.5, 0.6) is 11.5 Å². The lowest BCUT2D eigenvalue weighted by atomic mass is 10.0. The molecule has 0 aliphatic carbocycles. The molecule has 8 heteroatoms. The van der Waals surface area contributed by atoms with Gasteiger partial charge in [-0.25, -0.2) is 0 Å². The first-order valence-electron chi connectivity index (χ1n) is 9.86. The van der Waals surface area contributed by atoms with Crippen LogP contribution in [0.4, 0.5) is 4.79 Å². The van der Waals surface area contributed by atoms with Gasteiger partial charge in [-0.3, -0.25) is 19.3 Å². The van der Waals surface area contributed by atoms with Crippen molar-refractivity contribution in [2.24, 2.45) is 0 Å². The highest BCUT2D eigenvalue weighted by molar-refractivity contribution is 9.10. The Morgan fingerprint density at radius 1 is 1.22 bits per heavy atom. The van der Waals surface area contributed by atoms with Crippen LogP contribution in [0.15, 0.2) is 58.4 Å². The molecule has 32 heavy (non-hydrogen) atoms. The molecule has 1 heterocycles. The molecule has 2 aromatic carbocycles. The Kier molecular flexibility index (Phi) is 7.93. The molecule has 0 saturated carbocycles. The van der Waals surface area contributed by atoms with E-state index >= 15 is 0 Å². The van der Waals surface area contributed by atoms with Crippen molar-refractivity contribution >= 4 is 50.7 Å². The number of Topliss-reactive ketones (excluding diaryl/α,β-unsaturated/α-hetero) is 1. The summed E-state index contributed by atoms with van der Waals surface area (Å²) in [6.07, 6.45) is 3.93. The lowest BCUT2D eigenvalue weighted by Gasteiger charge is -2.14. The highest BCUT2D eigenvalue weighted by Crippen LogP contribution is 2.37. The summed E-state index contributed by atoms with van der Waals surface area (Å²) >= 11 is 4.13. The maximum atomic E-state index is 12.9. The molecule has 0 radical (unpaired) electrons. The van der Waals surface area contributed by atoms with Gasteiger partial charge in [0, 0.05) is 15.6 Å². The van der Waals surface area contributed by atoms with E-state index in [1.165, 1.54) is 0 Å². The number of nitrogens with zero attached hydrogens (tertiary/aromatic N) is 1. The SMILES string of the molecule is C=CCc1cc(/C=C2/SC(=O)N(CC(=O)c3ccc(Br)cc3)C2=O)cc(OCC)c1OC. The van der Waals surface area contributed by atoms with Gasteiger partial charge in [0.05, 0.1) is 25.2 Å². The van der Waals surface area contributed by atoms with E-state index < -0.39 is 11.1 Å². The lowest BCUT2D eigenvalue weighted by molar-refractivity contribution is -0.122. The summed E-state index contributed by atoms with van der Waals surface area (Å²) in [6, 6.07) is 10.4. The Morgan fingerprint density at radius 3 is 2.56 bits per heavy atom. The van der Waals surface area contributed by atoms with Gasteiger partial charge in [-0.15, -0.1) is 6.58 Å². The standard InChI is InChI=1S/C24H22BrNO5S/c1-4-6-17-11-15(12-20(31-5-2)22(17)30-3)13-21-23(28)26(24(29)32-21)14-19(27)16-7-9-18(25)10-8-16/h4,7-13H,1,5-6,14H2,2-3H3/b21-13+. The Labute approximate surface area is 199 Å². The lowest BCUT2D eigenvalue weighted by Crippen LogP contribution is -2.33. The Balaban J connectivity index is 1.87. The molecule has 0 unspecified atom stereocenters. The number of carbonyl (C=O) groups is 3. The van der Waals surface area contributed by atoms with E-state index in [1.54, 1.807) is 49.6 Å². The number of amides is 2. The van der Waals surface area contributed by atoms with E-state index in [9.17, 15) is 14.4 Å². The van der Waals surface area contributed by atoms with E-state index in [0.717, 1.165) is 26.7 Å². The van der Waals surface area contributed by atoms with E-state index in [1.807, 2.05) is 13.0 Å². The summed E-state index contributed by atoms with van der Waals surface area (Å²) < 4.78 is 12.0. The molecule has 0 aromatic heterocycles. The van der Waals surface area contributed by atoms with Gasteiger partial charge in [-0.1, -0.05) is 34.1 Å². The van der Waals surface area contributed by atoms with Crippen molar-refractivity contribution in [1.82, 2.24) is 4.90 Å². The second-order valence-electron chi connectivity index (χ2n) is 6.84. The molecule has 166 valence electrons. The minimum absolute atomic E-state index is 0.246. The zero-order valence-electron chi connectivity index (χ0n) is 17.7. The molecular weight excluding hydrogens is 494 g/mol. The fourth-order valence-electron chi connectivity index (χ4n) is 3.23. The van der Waals surface area contributed by atoms with Gasteiger partial charge >= 0.3 is 0 Å². The smallest absolute Gasteiger partial charge is 0.293 e. The highest BCUT2D eigenvalue weighted by atomic mass is 79.9. The molecule has 1 aliphatic rings. The molecule has 1 saturated heterocycles. The van der Waals surface area contributed by atoms with Crippen molar-refractivity contribution in [3.63, 3.8) is 0 Å². The van der Waals surface area contributed by atoms with Gasteiger partial charge in [0.15, 0.2) is 17.3 Å². The van der Waals surface area contributed by atoms with Crippen LogP contribution >= 0.6 is 27.7 Å². The number of ether oxygens (including phenoxy) is 2. The molecule has 0 bridgehead atoms. The summed E-state index contributed by atoms with van der Waals surface area (Å²) in [5, 5.41) is -0.475. The molecule has 1 aliphatic heterocycles. The second-order valence-corrected chi connectivity index (χ2v) is 8.74. The van der Waals surface area contributed by atoms with E-state index in [2.05, 4.69) is 22.5 Å². The molecule has 2 amide bonds. The molecular formula is C24H22BrNO5S. The van der Waals surface area contributed by atoms with Crippen molar-refractivity contribution in [2.45, 2.75) is 13.3 Å². The van der Waals surface area contributed by atoms with Crippen molar-refractivity contribution in [1.29, 1.82) is 0 Å². The first kappa shape index (κ1) is 23.8. The number of imide groups is 1. The van der Waals surface area contributed by atoms with Crippen molar-refractivity contribution in [3.05, 3.63) is 75.1 Å². The van der Waals surface area contributed by atoms with Crippen LogP contribution in [-0.4, -0.2) is 42.1 Å². The van der Waals surface area contributed by atoms with Gasteiger partial charge < -0.3 is 9.47 Å². The number of carbonyl (C=O) groups excluding carboxylic acids is 3. The van der Waals surface area contributed by atoms with Crippen molar-refractivity contribution in [3.8, 4) is 11.5 Å². The minimum atomic E-state index is -0.496. The monoisotopic (exact) mass is 515 g/mol. The van der Waals surface area contributed by atoms with Gasteiger partial charge in [-0.05, 0) is 61.0 Å². The number of ketones is 1. The fraction of sp³-hybridized carbons (Fsp3) is 0.208. The third-order valence-corrected chi connectivity index (χ3v) is 6.10. The Hall–Kier alpha value is -2.84. The quantitative estimate of drug-likeness (QED) is 0.249. The number of benzene rings is 2. The molecule has 2 aromatic rings. The third-order valence-electron chi connectivity index (χ3n) is 4.66. The number of methoxy groups -OCH3 is 1. The summed E-state index contributed by atoms with van der Waals surface area (Å²) in [5.41, 5.74) is 1.97. The van der Waals surface area contributed by atoms with Crippen LogP contribution in [0.25, 0.3) is 6.08 Å². The maximum Gasteiger partial charge on any atom is 0.293 e. The van der Waals surface area contributed by atoms with Crippen LogP contribution in [0.2, 0.25) is 0 Å². The molecule has 3 rings (SSSR count). The van der Waals surface area contributed by atoms with Crippen molar-refractivity contribution in [2.75, 3.05) is 20.3 Å². The van der Waals surface area contributed by atoms with E-state index in [0.29, 0.717) is 35.7 Å². The maximum absolute atomic E-state index is 12.9. The first-order chi connectivity index (χ1) is 15.4. The average Bonchev–Trinajstić information content (AvgIpc) is 3.02. The first-order valence-corrected chi connectivity index (χ1v) is 11.5. The number of hydrogen-bond acceptors (Lipinski definition) is 6. The summed E-state index contributed by atoms with van der Waals surface area (Å²) in [7, 11) is 1.57. The predicted octanol–water partition coefficient (Wildman–Crippen LogP) is 5.50. The van der Waals surface area contributed by atoms with Crippen LogP contribution < -0.4 is 9.47 Å². The van der Waals surface area contributed by atoms with Crippen LogP contribution in [0.3, 0.4) is 0 Å². The van der Waals surface area contributed by atoms with Crippen LogP contribution in [-0.2, 0) is 11.2 Å². The van der Waals surface area contributed by atoms with Gasteiger partial charge in [0.25, 0.3) is 11.1 Å². The molecule has 1 fully saturated rings. The Morgan fingerprint density at radius 2 is 1.94 bits per heavy atom. The van der Waals surface area contributed by atoms with E-state index in [-0.39, 0.29) is 17.2 Å². The average molecular weight is 516 g/mol. The predicted molar refractivity (Wildman–Crippen MR) is 129 cm³/mol. The summed E-state index contributed by atoms with van der Waals surface area (Å²) in [4.78, 5) is 39.1. The molecule has 0 N–H and O–H groups in total. The van der Waals surface area contributed by atoms with Gasteiger partial charge in [0.2, 0.25) is 0 Å². The van der Waals surface area contributed by atoms with Crippen molar-refractivity contribution < 1.29 is 23.9 Å². The molecule has 0 spiro atoms. The number of thioether (sulfide) groups is 1. The van der Waals surface area contributed by atoms with Gasteiger partial charge in [-0.2, -0.15) is 0 Å². The van der Waals surface area contributed by atoms with Gasteiger partial charge in [0.1, 0.15) is 0 Å². The zero-order valence-corrected chi connectivity index (χ0v) is 20.1. The summed E-state index contributed by atoms with van der Waals surface area (Å²) in [6.45, 7) is 5.78. The molecule has 6 nitrogen and oxygen atoms in total. The van der Waals surface area contributed by atoms with Crippen LogP contribution in [0.1, 0.15) is 28.4 Å². The number of halogens is 1. The molecule has 0 atom stereocenters. The highest BCUT2D eigenvalue weighted by Gasteiger charge is 2.36. The summed E-state index contributed by atoms with van der Waals surface area (Å²) in [5.74, 6) is 0.351.